The fourth-order valence-corrected chi connectivity index (χ4v) is 2.69. The van der Waals surface area contributed by atoms with E-state index in [0.717, 1.165) is 31.7 Å². The summed E-state index contributed by atoms with van der Waals surface area (Å²) in [6, 6.07) is 4.62. The van der Waals surface area contributed by atoms with E-state index in [9.17, 15) is 0 Å². The molecule has 3 atom stereocenters. The van der Waals surface area contributed by atoms with Crippen LogP contribution in [0.5, 0.6) is 0 Å². The summed E-state index contributed by atoms with van der Waals surface area (Å²) >= 11 is 0. The molecule has 4 nitrogen and oxygen atoms in total. The molecule has 0 saturated carbocycles. The number of pyridine rings is 1. The van der Waals surface area contributed by atoms with Crippen molar-refractivity contribution in [2.75, 3.05) is 24.5 Å². The van der Waals surface area contributed by atoms with Crippen LogP contribution in [0.2, 0.25) is 0 Å². The molecule has 2 heterocycles. The Hall–Kier alpha value is -1.13. The highest BCUT2D eigenvalue weighted by molar-refractivity contribution is 5.45. The van der Waals surface area contributed by atoms with Crippen LogP contribution in [0, 0.1) is 0 Å². The lowest BCUT2D eigenvalue weighted by molar-refractivity contribution is -0.00523. The Labute approximate surface area is 122 Å². The zero-order valence-electron chi connectivity index (χ0n) is 13.1. The van der Waals surface area contributed by atoms with Gasteiger partial charge in [-0.1, -0.05) is 6.92 Å². The molecule has 0 amide bonds. The molecule has 20 heavy (non-hydrogen) atoms. The van der Waals surface area contributed by atoms with E-state index < -0.39 is 0 Å². The molecule has 1 aromatic rings. The van der Waals surface area contributed by atoms with Gasteiger partial charge in [0.15, 0.2) is 0 Å². The number of ether oxygens (including phenoxy) is 1. The fourth-order valence-electron chi connectivity index (χ4n) is 2.69. The Balaban J connectivity index is 2.00. The van der Waals surface area contributed by atoms with Crippen molar-refractivity contribution in [2.45, 2.75) is 52.4 Å². The van der Waals surface area contributed by atoms with Crippen LogP contribution in [-0.4, -0.2) is 36.8 Å². The summed E-state index contributed by atoms with van der Waals surface area (Å²) in [5, 5.41) is 3.47. The monoisotopic (exact) mass is 277 g/mol. The van der Waals surface area contributed by atoms with Gasteiger partial charge in [0.2, 0.25) is 0 Å². The third-order valence-electron chi connectivity index (χ3n) is 3.70. The second kappa shape index (κ2) is 7.04. The maximum atomic E-state index is 5.77. The molecule has 0 spiro atoms. The van der Waals surface area contributed by atoms with Crippen LogP contribution in [-0.2, 0) is 4.74 Å². The first-order valence-corrected chi connectivity index (χ1v) is 7.70. The van der Waals surface area contributed by atoms with Gasteiger partial charge < -0.3 is 15.0 Å². The van der Waals surface area contributed by atoms with E-state index in [-0.39, 0.29) is 12.2 Å². The number of rotatable bonds is 5. The SMILES string of the molecule is CCCNC(C)c1ccc(N2C[C@@H](C)O[C@@H](C)C2)cn1. The smallest absolute Gasteiger partial charge is 0.0726 e. The van der Waals surface area contributed by atoms with E-state index in [1.807, 2.05) is 6.20 Å². The van der Waals surface area contributed by atoms with Gasteiger partial charge in [-0.05, 0) is 45.9 Å². The fraction of sp³-hybridized carbons (Fsp3) is 0.688. The second-order valence-corrected chi connectivity index (χ2v) is 5.78. The summed E-state index contributed by atoms with van der Waals surface area (Å²) in [5.74, 6) is 0. The van der Waals surface area contributed by atoms with Crippen molar-refractivity contribution in [1.82, 2.24) is 10.3 Å². The molecule has 1 N–H and O–H groups in total. The van der Waals surface area contributed by atoms with Crippen molar-refractivity contribution in [3.05, 3.63) is 24.0 Å². The van der Waals surface area contributed by atoms with Gasteiger partial charge in [0.1, 0.15) is 0 Å². The van der Waals surface area contributed by atoms with Gasteiger partial charge in [0, 0.05) is 19.1 Å². The molecule has 0 aromatic carbocycles. The van der Waals surface area contributed by atoms with E-state index in [0.29, 0.717) is 6.04 Å². The summed E-state index contributed by atoms with van der Waals surface area (Å²) in [4.78, 5) is 6.97. The second-order valence-electron chi connectivity index (χ2n) is 5.78. The molecule has 1 aromatic heterocycles. The Morgan fingerprint density at radius 1 is 1.35 bits per heavy atom. The van der Waals surface area contributed by atoms with Crippen molar-refractivity contribution in [3.8, 4) is 0 Å². The maximum absolute atomic E-state index is 5.77. The third-order valence-corrected chi connectivity index (χ3v) is 3.70. The Kier molecular flexibility index (Phi) is 5.38. The van der Waals surface area contributed by atoms with Gasteiger partial charge in [0.05, 0.1) is 29.8 Å². The van der Waals surface area contributed by atoms with E-state index in [1.165, 1.54) is 5.69 Å². The van der Waals surface area contributed by atoms with Crippen LogP contribution < -0.4 is 10.2 Å². The van der Waals surface area contributed by atoms with Crippen LogP contribution in [0.15, 0.2) is 18.3 Å². The number of hydrogen-bond acceptors (Lipinski definition) is 4. The molecule has 4 heteroatoms. The van der Waals surface area contributed by atoms with Crippen molar-refractivity contribution in [2.24, 2.45) is 0 Å². The molecule has 1 aliphatic rings. The van der Waals surface area contributed by atoms with Crippen LogP contribution in [0.3, 0.4) is 0 Å². The molecule has 1 fully saturated rings. The minimum Gasteiger partial charge on any atom is -0.372 e. The van der Waals surface area contributed by atoms with Crippen LogP contribution >= 0.6 is 0 Å². The molecule has 112 valence electrons. The van der Waals surface area contributed by atoms with Crippen LogP contribution in [0.25, 0.3) is 0 Å². The zero-order valence-corrected chi connectivity index (χ0v) is 13.1. The number of morpholine rings is 1. The third kappa shape index (κ3) is 3.93. The van der Waals surface area contributed by atoms with E-state index in [2.05, 4.69) is 55.0 Å². The van der Waals surface area contributed by atoms with Crippen molar-refractivity contribution in [3.63, 3.8) is 0 Å². The average Bonchev–Trinajstić information content (AvgIpc) is 2.44. The van der Waals surface area contributed by atoms with E-state index in [1.54, 1.807) is 0 Å². The summed E-state index contributed by atoms with van der Waals surface area (Å²) in [6.45, 7) is 11.5. The summed E-state index contributed by atoms with van der Waals surface area (Å²) < 4.78 is 5.77. The zero-order chi connectivity index (χ0) is 14.5. The van der Waals surface area contributed by atoms with Crippen LogP contribution in [0.1, 0.15) is 45.9 Å². The number of aromatic nitrogens is 1. The summed E-state index contributed by atoms with van der Waals surface area (Å²) in [5.41, 5.74) is 2.30. The lowest BCUT2D eigenvalue weighted by Crippen LogP contribution is -2.45. The first-order chi connectivity index (χ1) is 9.60. The molecule has 1 unspecified atom stereocenters. The highest BCUT2D eigenvalue weighted by Gasteiger charge is 2.22. The van der Waals surface area contributed by atoms with Gasteiger partial charge in [-0.15, -0.1) is 0 Å². The first kappa shape index (κ1) is 15.3. The van der Waals surface area contributed by atoms with Gasteiger partial charge in [-0.2, -0.15) is 0 Å². The number of nitrogens with one attached hydrogen (secondary N) is 1. The molecule has 1 saturated heterocycles. The standard InChI is InChI=1S/C16H27N3O/c1-5-8-17-14(4)16-7-6-15(9-18-16)19-10-12(2)20-13(3)11-19/h6-7,9,12-14,17H,5,8,10-11H2,1-4H3/t12-,13+,14?. The highest BCUT2D eigenvalue weighted by atomic mass is 16.5. The van der Waals surface area contributed by atoms with Gasteiger partial charge in [-0.3, -0.25) is 4.98 Å². The summed E-state index contributed by atoms with van der Waals surface area (Å²) in [6.07, 6.45) is 3.70. The lowest BCUT2D eigenvalue weighted by atomic mass is 10.1. The number of anilines is 1. The van der Waals surface area contributed by atoms with Crippen LogP contribution in [0.4, 0.5) is 5.69 Å². The molecule has 0 bridgehead atoms. The predicted octanol–water partition coefficient (Wildman–Crippen LogP) is 2.76. The van der Waals surface area contributed by atoms with Crippen molar-refractivity contribution >= 4 is 5.69 Å². The predicted molar refractivity (Wildman–Crippen MR) is 83.2 cm³/mol. The lowest BCUT2D eigenvalue weighted by Gasteiger charge is -2.36. The van der Waals surface area contributed by atoms with Crippen molar-refractivity contribution < 1.29 is 4.74 Å². The molecule has 2 rings (SSSR count). The molecular weight excluding hydrogens is 250 g/mol. The largest absolute Gasteiger partial charge is 0.372 e. The molecule has 1 aliphatic heterocycles. The van der Waals surface area contributed by atoms with E-state index in [4.69, 9.17) is 4.74 Å². The highest BCUT2D eigenvalue weighted by Crippen LogP contribution is 2.21. The summed E-state index contributed by atoms with van der Waals surface area (Å²) in [7, 11) is 0. The van der Waals surface area contributed by atoms with Gasteiger partial charge >= 0.3 is 0 Å². The maximum Gasteiger partial charge on any atom is 0.0726 e. The Morgan fingerprint density at radius 3 is 2.60 bits per heavy atom. The normalized spacial score (nSPS) is 24.7. The first-order valence-electron chi connectivity index (χ1n) is 7.70. The molecular formula is C16H27N3O. The minimum absolute atomic E-state index is 0.281. The van der Waals surface area contributed by atoms with Gasteiger partial charge in [-0.25, -0.2) is 0 Å². The molecule has 0 aliphatic carbocycles. The topological polar surface area (TPSA) is 37.4 Å². The minimum atomic E-state index is 0.281. The van der Waals surface area contributed by atoms with E-state index >= 15 is 0 Å². The quantitative estimate of drug-likeness (QED) is 0.898. The number of nitrogens with zero attached hydrogens (tertiary/aromatic N) is 2. The Bertz CT molecular complexity index is 397. The van der Waals surface area contributed by atoms with Gasteiger partial charge in [0.25, 0.3) is 0 Å². The van der Waals surface area contributed by atoms with Crippen molar-refractivity contribution in [1.29, 1.82) is 0 Å². The Morgan fingerprint density at radius 2 is 2.05 bits per heavy atom. The molecule has 0 radical (unpaired) electrons. The number of hydrogen-bond donors (Lipinski definition) is 1. The average molecular weight is 277 g/mol.